The van der Waals surface area contributed by atoms with Gasteiger partial charge in [0.1, 0.15) is 28.2 Å². The Bertz CT molecular complexity index is 1420. The molecule has 1 aliphatic heterocycles. The second-order valence-corrected chi connectivity index (χ2v) is 9.35. The maximum absolute atomic E-state index is 14.2. The number of nitrogens with one attached hydrogen (secondary N) is 2. The monoisotopic (exact) mass is 460 g/mol. The number of anilines is 1. The lowest BCUT2D eigenvalue weighted by atomic mass is 9.90. The summed E-state index contributed by atoms with van der Waals surface area (Å²) in [5.74, 6) is 0.901. The van der Waals surface area contributed by atoms with Gasteiger partial charge in [-0.3, -0.25) is 10.1 Å². The first-order valence-corrected chi connectivity index (χ1v) is 10.9. The third-order valence-corrected chi connectivity index (χ3v) is 6.00. The summed E-state index contributed by atoms with van der Waals surface area (Å²) >= 11 is 0. The zero-order chi connectivity index (χ0) is 24.3. The lowest BCUT2D eigenvalue weighted by molar-refractivity contribution is -0.121. The first kappa shape index (κ1) is 22.0. The van der Waals surface area contributed by atoms with E-state index in [4.69, 9.17) is 4.98 Å². The molecule has 2 N–H and O–H groups in total. The van der Waals surface area contributed by atoms with E-state index < -0.39 is 11.2 Å². The number of carbonyl (C=O) groups excluding carboxylic acids is 1. The van der Waals surface area contributed by atoms with E-state index in [1.54, 1.807) is 25.6 Å². The maximum Gasteiger partial charge on any atom is 0.249 e. The molecule has 34 heavy (non-hydrogen) atoms. The van der Waals surface area contributed by atoms with E-state index in [1.165, 1.54) is 13.8 Å². The quantitative estimate of drug-likeness (QED) is 0.470. The summed E-state index contributed by atoms with van der Waals surface area (Å²) in [7, 11) is 1.87. The van der Waals surface area contributed by atoms with Gasteiger partial charge in [0.2, 0.25) is 5.91 Å². The average Bonchev–Trinajstić information content (AvgIpc) is 3.29. The highest BCUT2D eigenvalue weighted by molar-refractivity contribution is 6.06. The highest BCUT2D eigenvalue weighted by Crippen LogP contribution is 2.39. The molecule has 3 aromatic heterocycles. The fourth-order valence-corrected chi connectivity index (χ4v) is 3.99. The first-order chi connectivity index (χ1) is 16.0. The molecule has 0 spiro atoms. The number of aromatic nitrogens is 6. The molecule has 9 nitrogen and oxygen atoms in total. The largest absolute Gasteiger partial charge is 0.324 e. The third kappa shape index (κ3) is 3.69. The topological polar surface area (TPSA) is 111 Å². The standard InChI is InChI=1S/C24H25FN8O/c1-13-26-9-15(10-27-13)20-31-18(19-21(32-20)33(5)12-28-19)14-6-7-17-16(8-14)24(4,22(34)30-17)29-11-23(2,3)25/h6-10,12,29H,11H2,1-5H3,(H,30,34)/t24-/m0/s1. The minimum Gasteiger partial charge on any atom is -0.324 e. The van der Waals surface area contributed by atoms with Gasteiger partial charge in [-0.15, -0.1) is 0 Å². The molecule has 10 heteroatoms. The second-order valence-electron chi connectivity index (χ2n) is 9.35. The number of nitrogens with zero attached hydrogens (tertiary/aromatic N) is 6. The summed E-state index contributed by atoms with van der Waals surface area (Å²) in [6.45, 7) is 6.55. The summed E-state index contributed by atoms with van der Waals surface area (Å²) < 4.78 is 16.1. The Hall–Kier alpha value is -3.79. The first-order valence-electron chi connectivity index (χ1n) is 10.9. The van der Waals surface area contributed by atoms with Crippen LogP contribution in [0.15, 0.2) is 36.9 Å². The zero-order valence-corrected chi connectivity index (χ0v) is 19.6. The van der Waals surface area contributed by atoms with E-state index in [2.05, 4.69) is 30.6 Å². The highest BCUT2D eigenvalue weighted by Gasteiger charge is 2.43. The molecular weight excluding hydrogens is 435 g/mol. The number of amides is 1. The summed E-state index contributed by atoms with van der Waals surface area (Å²) in [4.78, 5) is 35.4. The minimum absolute atomic E-state index is 0.0240. The van der Waals surface area contributed by atoms with Gasteiger partial charge in [0.05, 0.1) is 11.9 Å². The number of halogens is 1. The van der Waals surface area contributed by atoms with Crippen molar-refractivity contribution in [3.05, 3.63) is 48.3 Å². The SMILES string of the molecule is Cc1ncc(-c2nc(-c3ccc4c(c3)[C@](C)(NCC(C)(C)F)C(=O)N4)c3ncn(C)c3n2)cn1. The van der Waals surface area contributed by atoms with Gasteiger partial charge in [0, 0.05) is 42.8 Å². The van der Waals surface area contributed by atoms with Crippen molar-refractivity contribution in [1.82, 2.24) is 34.8 Å². The van der Waals surface area contributed by atoms with E-state index in [9.17, 15) is 9.18 Å². The van der Waals surface area contributed by atoms with Crippen molar-refractivity contribution in [2.75, 3.05) is 11.9 Å². The lowest BCUT2D eigenvalue weighted by Crippen LogP contribution is -2.49. The molecule has 174 valence electrons. The normalized spacial score (nSPS) is 17.8. The predicted molar refractivity (Wildman–Crippen MR) is 127 cm³/mol. The van der Waals surface area contributed by atoms with Crippen LogP contribution >= 0.6 is 0 Å². The third-order valence-electron chi connectivity index (χ3n) is 6.00. The number of fused-ring (bicyclic) bond motifs is 2. The van der Waals surface area contributed by atoms with Crippen LogP contribution in [0.1, 0.15) is 32.2 Å². The number of aryl methyl sites for hydroxylation is 2. The maximum atomic E-state index is 14.2. The highest BCUT2D eigenvalue weighted by atomic mass is 19.1. The van der Waals surface area contributed by atoms with Gasteiger partial charge in [-0.2, -0.15) is 0 Å². The number of alkyl halides is 1. The molecule has 1 aliphatic rings. The summed E-state index contributed by atoms with van der Waals surface area (Å²) in [6, 6.07) is 5.62. The van der Waals surface area contributed by atoms with Crippen LogP contribution in [0.4, 0.5) is 10.1 Å². The van der Waals surface area contributed by atoms with Crippen LogP contribution in [0.5, 0.6) is 0 Å². The van der Waals surface area contributed by atoms with Crippen LogP contribution < -0.4 is 10.6 Å². The molecule has 0 saturated heterocycles. The van der Waals surface area contributed by atoms with Crippen molar-refractivity contribution in [2.45, 2.75) is 38.9 Å². The summed E-state index contributed by atoms with van der Waals surface area (Å²) in [5.41, 5.74) is 2.22. The van der Waals surface area contributed by atoms with Crippen LogP contribution in [0.3, 0.4) is 0 Å². The lowest BCUT2D eigenvalue weighted by Gasteiger charge is -2.27. The van der Waals surface area contributed by atoms with Crippen molar-refractivity contribution >= 4 is 22.8 Å². The van der Waals surface area contributed by atoms with E-state index in [-0.39, 0.29) is 12.5 Å². The number of benzene rings is 1. The van der Waals surface area contributed by atoms with E-state index in [0.717, 1.165) is 11.1 Å². The number of hydrogen-bond donors (Lipinski definition) is 2. The van der Waals surface area contributed by atoms with Crippen LogP contribution in [-0.4, -0.2) is 47.6 Å². The van der Waals surface area contributed by atoms with Crippen LogP contribution in [-0.2, 0) is 17.4 Å². The number of imidazole rings is 1. The second kappa shape index (κ2) is 7.63. The number of carbonyl (C=O) groups is 1. The molecule has 0 saturated carbocycles. The van der Waals surface area contributed by atoms with Crippen LogP contribution in [0.2, 0.25) is 0 Å². The molecule has 4 heterocycles. The van der Waals surface area contributed by atoms with Crippen molar-refractivity contribution < 1.29 is 9.18 Å². The number of hydrogen-bond acceptors (Lipinski definition) is 7. The fraction of sp³-hybridized carbons (Fsp3) is 0.333. The Labute approximate surface area is 195 Å². The Kier molecular flexibility index (Phi) is 4.94. The molecular formula is C24H25FN8O. The van der Waals surface area contributed by atoms with Crippen molar-refractivity contribution in [3.8, 4) is 22.6 Å². The van der Waals surface area contributed by atoms with Crippen molar-refractivity contribution in [1.29, 1.82) is 0 Å². The molecule has 0 radical (unpaired) electrons. The van der Waals surface area contributed by atoms with Gasteiger partial charge in [0.25, 0.3) is 0 Å². The molecule has 1 atom stereocenters. The van der Waals surface area contributed by atoms with Gasteiger partial charge < -0.3 is 9.88 Å². The summed E-state index contributed by atoms with van der Waals surface area (Å²) in [6.07, 6.45) is 5.06. The van der Waals surface area contributed by atoms with Gasteiger partial charge in [-0.25, -0.2) is 29.3 Å². The molecule has 4 aromatic rings. The molecule has 0 fully saturated rings. The fourth-order valence-electron chi connectivity index (χ4n) is 3.99. The van der Waals surface area contributed by atoms with Gasteiger partial charge >= 0.3 is 0 Å². The van der Waals surface area contributed by atoms with Gasteiger partial charge in [-0.1, -0.05) is 6.07 Å². The van der Waals surface area contributed by atoms with Crippen molar-refractivity contribution in [2.24, 2.45) is 7.05 Å². The molecule has 5 rings (SSSR count). The molecule has 1 amide bonds. The Morgan fingerprint density at radius 2 is 1.88 bits per heavy atom. The van der Waals surface area contributed by atoms with Crippen molar-refractivity contribution in [3.63, 3.8) is 0 Å². The Balaban J connectivity index is 1.65. The van der Waals surface area contributed by atoms with E-state index in [0.29, 0.717) is 39.8 Å². The average molecular weight is 461 g/mol. The predicted octanol–water partition coefficient (Wildman–Crippen LogP) is 3.30. The molecule has 0 bridgehead atoms. The zero-order valence-electron chi connectivity index (χ0n) is 19.6. The molecule has 0 unspecified atom stereocenters. The summed E-state index contributed by atoms with van der Waals surface area (Å²) in [5, 5.41) is 6.00. The van der Waals surface area contributed by atoms with E-state index >= 15 is 0 Å². The smallest absolute Gasteiger partial charge is 0.249 e. The van der Waals surface area contributed by atoms with Crippen LogP contribution in [0, 0.1) is 6.92 Å². The Morgan fingerprint density at radius 1 is 1.15 bits per heavy atom. The minimum atomic E-state index is -1.47. The Morgan fingerprint density at radius 3 is 2.59 bits per heavy atom. The molecule has 0 aliphatic carbocycles. The van der Waals surface area contributed by atoms with E-state index in [1.807, 2.05) is 36.7 Å². The van der Waals surface area contributed by atoms with Crippen LogP contribution in [0.25, 0.3) is 33.8 Å². The van der Waals surface area contributed by atoms with Gasteiger partial charge in [0.15, 0.2) is 11.5 Å². The van der Waals surface area contributed by atoms with Gasteiger partial charge in [-0.05, 0) is 39.8 Å². The molecule has 1 aromatic carbocycles. The number of rotatable bonds is 5.